The summed E-state index contributed by atoms with van der Waals surface area (Å²) in [6, 6.07) is 0. The smallest absolute Gasteiger partial charge is 0.336 e. The molecule has 0 aliphatic heterocycles. The van der Waals surface area contributed by atoms with Crippen LogP contribution in [0.2, 0.25) is 0 Å². The average Bonchev–Trinajstić information content (AvgIpc) is 2.84. The van der Waals surface area contributed by atoms with Crippen LogP contribution in [-0.4, -0.2) is 119 Å². The average molecular weight is 601 g/mol. The van der Waals surface area contributed by atoms with Crippen molar-refractivity contribution >= 4 is 23.9 Å². The molecule has 16 nitrogen and oxygen atoms in total. The van der Waals surface area contributed by atoms with Crippen LogP contribution in [0.1, 0.15) is 62.3 Å². The second-order valence-corrected chi connectivity index (χ2v) is 9.17. The first kappa shape index (κ1) is 38.6. The van der Waals surface area contributed by atoms with Crippen LogP contribution in [0, 0.1) is 0 Å². The zero-order chi connectivity index (χ0) is 32.0. The minimum absolute atomic E-state index is 0.428. The van der Waals surface area contributed by atoms with Gasteiger partial charge in [0.1, 0.15) is 36.6 Å². The lowest BCUT2D eigenvalue weighted by Crippen LogP contribution is -2.49. The molecule has 0 spiro atoms. The minimum Gasteiger partial charge on any atom is -0.434 e. The molecular formula is C25H44O16. The highest BCUT2D eigenvalue weighted by atomic mass is 16.8. The topological polar surface area (TPSA) is 223 Å². The molecule has 0 rings (SSSR count). The van der Waals surface area contributed by atoms with Gasteiger partial charge in [-0.25, -0.2) is 19.2 Å². The Morgan fingerprint density at radius 2 is 0.805 bits per heavy atom. The molecule has 0 heterocycles. The fraction of sp³-hybridized carbons (Fsp3) is 0.840. The quantitative estimate of drug-likeness (QED) is 0.0814. The SMILES string of the molecule is CC(OCC(OC(C)OC(=O)C(C)O)C(OC(C)OC(=O)C(C)O)C(C)OC(C)OC(=O)C(C)O)OC(=O)C(C)O. The van der Waals surface area contributed by atoms with E-state index in [4.69, 9.17) is 37.9 Å². The number of hydrogen-bond donors (Lipinski definition) is 4. The van der Waals surface area contributed by atoms with E-state index >= 15 is 0 Å². The second kappa shape index (κ2) is 18.9. The van der Waals surface area contributed by atoms with E-state index in [1.807, 2.05) is 0 Å². The van der Waals surface area contributed by atoms with Crippen molar-refractivity contribution in [3.63, 3.8) is 0 Å². The summed E-state index contributed by atoms with van der Waals surface area (Å²) in [6.45, 7) is 11.2. The largest absolute Gasteiger partial charge is 0.434 e. The number of carbonyl (C=O) groups excluding carboxylic acids is 4. The van der Waals surface area contributed by atoms with Crippen LogP contribution in [0.15, 0.2) is 0 Å². The van der Waals surface area contributed by atoms with Crippen molar-refractivity contribution in [2.45, 2.75) is 130 Å². The van der Waals surface area contributed by atoms with Crippen molar-refractivity contribution in [3.05, 3.63) is 0 Å². The summed E-state index contributed by atoms with van der Waals surface area (Å²) < 4.78 is 42.9. The summed E-state index contributed by atoms with van der Waals surface area (Å²) in [5.41, 5.74) is 0. The van der Waals surface area contributed by atoms with Crippen LogP contribution in [0.25, 0.3) is 0 Å². The first-order valence-corrected chi connectivity index (χ1v) is 13.0. The van der Waals surface area contributed by atoms with Crippen LogP contribution < -0.4 is 0 Å². The zero-order valence-electron chi connectivity index (χ0n) is 24.7. The molecule has 11 atom stereocenters. The first-order valence-electron chi connectivity index (χ1n) is 13.0. The number of rotatable bonds is 19. The lowest BCUT2D eigenvalue weighted by Gasteiger charge is -2.35. The van der Waals surface area contributed by atoms with E-state index in [1.54, 1.807) is 0 Å². The van der Waals surface area contributed by atoms with Crippen molar-refractivity contribution in [2.75, 3.05) is 6.61 Å². The van der Waals surface area contributed by atoms with Gasteiger partial charge in [-0.3, -0.25) is 0 Å². The maximum Gasteiger partial charge on any atom is 0.336 e. The van der Waals surface area contributed by atoms with E-state index in [1.165, 1.54) is 62.3 Å². The Bertz CT molecular complexity index is 813. The lowest BCUT2D eigenvalue weighted by molar-refractivity contribution is -0.272. The highest BCUT2D eigenvalue weighted by molar-refractivity contribution is 5.74. The highest BCUT2D eigenvalue weighted by Gasteiger charge is 2.36. The predicted molar refractivity (Wildman–Crippen MR) is 135 cm³/mol. The van der Waals surface area contributed by atoms with E-state index in [-0.39, 0.29) is 0 Å². The van der Waals surface area contributed by atoms with Gasteiger partial charge in [-0.05, 0) is 62.3 Å². The Labute approximate surface area is 238 Å². The van der Waals surface area contributed by atoms with Gasteiger partial charge in [0, 0.05) is 0 Å². The fourth-order valence-electron chi connectivity index (χ4n) is 2.96. The van der Waals surface area contributed by atoms with Gasteiger partial charge in [0.05, 0.1) is 12.7 Å². The van der Waals surface area contributed by atoms with Crippen molar-refractivity contribution in [1.29, 1.82) is 0 Å². The van der Waals surface area contributed by atoms with Gasteiger partial charge in [-0.15, -0.1) is 0 Å². The van der Waals surface area contributed by atoms with E-state index < -0.39 is 98.4 Å². The molecule has 41 heavy (non-hydrogen) atoms. The molecule has 16 heteroatoms. The molecular weight excluding hydrogens is 556 g/mol. The predicted octanol–water partition coefficient (Wildman–Crippen LogP) is -0.741. The Hall–Kier alpha value is -2.44. The van der Waals surface area contributed by atoms with Gasteiger partial charge in [-0.1, -0.05) is 0 Å². The molecule has 4 N–H and O–H groups in total. The third kappa shape index (κ3) is 16.0. The molecule has 0 amide bonds. The standard InChI is InChI=1S/C25H44O16/c1-11(26)22(30)38-16(6)34-10-20(36-18(8)40-24(32)13(3)28)21(37-19(9)41-25(33)14(4)29)15(5)35-17(7)39-23(31)12(2)27/h11-21,26-29H,10H2,1-9H3. The van der Waals surface area contributed by atoms with Crippen LogP contribution in [0.5, 0.6) is 0 Å². The van der Waals surface area contributed by atoms with Gasteiger partial charge in [0.15, 0.2) is 6.29 Å². The molecule has 0 fully saturated rings. The molecule has 0 aliphatic rings. The normalized spacial score (nSPS) is 19.6. The number of aliphatic hydroxyl groups is 4. The molecule has 240 valence electrons. The molecule has 0 aromatic heterocycles. The molecule has 0 saturated carbocycles. The van der Waals surface area contributed by atoms with E-state index in [0.29, 0.717) is 0 Å². The highest BCUT2D eigenvalue weighted by Crippen LogP contribution is 2.20. The molecule has 0 aromatic carbocycles. The molecule has 0 aliphatic carbocycles. The van der Waals surface area contributed by atoms with E-state index in [2.05, 4.69) is 0 Å². The zero-order valence-corrected chi connectivity index (χ0v) is 24.7. The monoisotopic (exact) mass is 600 g/mol. The number of carbonyl (C=O) groups is 4. The number of ether oxygens (including phenoxy) is 8. The van der Waals surface area contributed by atoms with Gasteiger partial charge >= 0.3 is 23.9 Å². The molecule has 0 saturated heterocycles. The Kier molecular flexibility index (Phi) is 17.8. The van der Waals surface area contributed by atoms with Gasteiger partial charge in [0.2, 0.25) is 18.9 Å². The van der Waals surface area contributed by atoms with Crippen molar-refractivity contribution < 1.29 is 77.5 Å². The number of aliphatic hydroxyl groups excluding tert-OH is 4. The summed E-state index contributed by atoms with van der Waals surface area (Å²) in [5, 5.41) is 37.7. The van der Waals surface area contributed by atoms with Crippen LogP contribution >= 0.6 is 0 Å². The molecule has 0 radical (unpaired) electrons. The first-order chi connectivity index (χ1) is 18.8. The van der Waals surface area contributed by atoms with Crippen molar-refractivity contribution in [2.24, 2.45) is 0 Å². The Morgan fingerprint density at radius 3 is 1.17 bits per heavy atom. The third-order valence-electron chi connectivity index (χ3n) is 4.94. The maximum atomic E-state index is 11.9. The Balaban J connectivity index is 6.09. The fourth-order valence-corrected chi connectivity index (χ4v) is 2.96. The summed E-state index contributed by atoms with van der Waals surface area (Å²) in [7, 11) is 0. The lowest BCUT2D eigenvalue weighted by atomic mass is 10.1. The van der Waals surface area contributed by atoms with E-state index in [0.717, 1.165) is 0 Å². The van der Waals surface area contributed by atoms with Crippen LogP contribution in [-0.2, 0) is 57.1 Å². The van der Waals surface area contributed by atoms with Gasteiger partial charge < -0.3 is 58.3 Å². The number of hydrogen-bond acceptors (Lipinski definition) is 16. The summed E-state index contributed by atoms with van der Waals surface area (Å²) in [4.78, 5) is 47.3. The minimum atomic E-state index is -1.46. The van der Waals surface area contributed by atoms with E-state index in [9.17, 15) is 39.6 Å². The van der Waals surface area contributed by atoms with Crippen LogP contribution in [0.4, 0.5) is 0 Å². The molecule has 0 aromatic rings. The maximum absolute atomic E-state index is 11.9. The van der Waals surface area contributed by atoms with Crippen molar-refractivity contribution in [3.8, 4) is 0 Å². The molecule has 11 unspecified atom stereocenters. The van der Waals surface area contributed by atoms with Gasteiger partial charge in [-0.2, -0.15) is 0 Å². The Morgan fingerprint density at radius 1 is 0.488 bits per heavy atom. The van der Waals surface area contributed by atoms with Crippen molar-refractivity contribution in [1.82, 2.24) is 0 Å². The van der Waals surface area contributed by atoms with Gasteiger partial charge in [0.25, 0.3) is 0 Å². The summed E-state index contributed by atoms with van der Waals surface area (Å²) >= 11 is 0. The molecule has 0 bridgehead atoms. The number of esters is 4. The second-order valence-electron chi connectivity index (χ2n) is 9.17. The summed E-state index contributed by atoms with van der Waals surface area (Å²) in [5.74, 6) is -3.94. The summed E-state index contributed by atoms with van der Waals surface area (Å²) in [6.07, 6.45) is -14.4. The third-order valence-corrected chi connectivity index (χ3v) is 4.94. The van der Waals surface area contributed by atoms with Crippen LogP contribution in [0.3, 0.4) is 0 Å².